The van der Waals surface area contributed by atoms with Crippen molar-refractivity contribution in [2.75, 3.05) is 13.2 Å². The van der Waals surface area contributed by atoms with E-state index in [4.69, 9.17) is 15.2 Å². The first kappa shape index (κ1) is 13.5. The van der Waals surface area contributed by atoms with Gasteiger partial charge in [0.25, 0.3) is 0 Å². The van der Waals surface area contributed by atoms with Crippen LogP contribution in [0.3, 0.4) is 0 Å². The van der Waals surface area contributed by atoms with Gasteiger partial charge in [-0.05, 0) is 34.1 Å². The summed E-state index contributed by atoms with van der Waals surface area (Å²) in [6.07, 6.45) is 0.900. The molecule has 1 aliphatic heterocycles. The van der Waals surface area contributed by atoms with E-state index in [1.54, 1.807) is 0 Å². The van der Waals surface area contributed by atoms with Crippen LogP contribution in [0.25, 0.3) is 11.3 Å². The molecule has 3 rings (SSSR count). The summed E-state index contributed by atoms with van der Waals surface area (Å²) in [5.41, 5.74) is 8.55. The number of nitrogens with zero attached hydrogens (tertiary/aromatic N) is 2. The normalized spacial score (nSPS) is 14.2. The molecule has 0 radical (unpaired) electrons. The molecule has 0 bridgehead atoms. The average Bonchev–Trinajstić information content (AvgIpc) is 2.64. The molecule has 0 spiro atoms. The SMILES string of the molecule is Cn1nc(CN)c(Br)c1-c1ccc2c(c1)OCCCO2. The molecule has 0 atom stereocenters. The van der Waals surface area contributed by atoms with E-state index in [0.29, 0.717) is 19.8 Å². The summed E-state index contributed by atoms with van der Waals surface area (Å²) in [5.74, 6) is 1.57. The molecule has 0 saturated carbocycles. The number of hydrogen-bond donors (Lipinski definition) is 1. The lowest BCUT2D eigenvalue weighted by Gasteiger charge is -2.10. The summed E-state index contributed by atoms with van der Waals surface area (Å²) in [7, 11) is 1.91. The molecule has 0 saturated heterocycles. The Bertz CT molecular complexity index is 640. The maximum absolute atomic E-state index is 5.73. The van der Waals surface area contributed by atoms with Crippen molar-refractivity contribution < 1.29 is 9.47 Å². The minimum absolute atomic E-state index is 0.402. The number of ether oxygens (including phenoxy) is 2. The van der Waals surface area contributed by atoms with Gasteiger partial charge in [-0.25, -0.2) is 0 Å². The minimum atomic E-state index is 0.402. The second-order valence-corrected chi connectivity index (χ2v) is 5.44. The van der Waals surface area contributed by atoms with E-state index in [-0.39, 0.29) is 0 Å². The molecule has 2 N–H and O–H groups in total. The van der Waals surface area contributed by atoms with Crippen molar-refractivity contribution >= 4 is 15.9 Å². The topological polar surface area (TPSA) is 62.3 Å². The van der Waals surface area contributed by atoms with Crippen LogP contribution in [-0.2, 0) is 13.6 Å². The highest BCUT2D eigenvalue weighted by atomic mass is 79.9. The van der Waals surface area contributed by atoms with Crippen molar-refractivity contribution in [2.24, 2.45) is 12.8 Å². The van der Waals surface area contributed by atoms with Crippen molar-refractivity contribution in [3.63, 3.8) is 0 Å². The highest BCUT2D eigenvalue weighted by molar-refractivity contribution is 9.10. The first-order valence-electron chi connectivity index (χ1n) is 6.52. The van der Waals surface area contributed by atoms with Gasteiger partial charge in [0.15, 0.2) is 11.5 Å². The van der Waals surface area contributed by atoms with E-state index >= 15 is 0 Å². The molecule has 0 aliphatic carbocycles. The van der Waals surface area contributed by atoms with Crippen LogP contribution in [0.5, 0.6) is 11.5 Å². The van der Waals surface area contributed by atoms with Crippen molar-refractivity contribution in [3.05, 3.63) is 28.4 Å². The van der Waals surface area contributed by atoms with Crippen molar-refractivity contribution in [3.8, 4) is 22.8 Å². The summed E-state index contributed by atoms with van der Waals surface area (Å²) in [6, 6.07) is 5.94. The fraction of sp³-hybridized carbons (Fsp3) is 0.357. The second-order valence-electron chi connectivity index (χ2n) is 4.65. The molecular weight excluding hydrogens is 322 g/mol. The molecule has 20 heavy (non-hydrogen) atoms. The van der Waals surface area contributed by atoms with Gasteiger partial charge >= 0.3 is 0 Å². The van der Waals surface area contributed by atoms with Gasteiger partial charge in [-0.1, -0.05) is 0 Å². The second kappa shape index (κ2) is 5.46. The Kier molecular flexibility index (Phi) is 3.67. The molecule has 2 heterocycles. The third-order valence-electron chi connectivity index (χ3n) is 3.27. The summed E-state index contributed by atoms with van der Waals surface area (Å²) in [5, 5.41) is 4.41. The Balaban J connectivity index is 2.07. The lowest BCUT2D eigenvalue weighted by atomic mass is 10.1. The summed E-state index contributed by atoms with van der Waals surface area (Å²) in [6.45, 7) is 1.77. The molecule has 1 aliphatic rings. The van der Waals surface area contributed by atoms with E-state index in [0.717, 1.165) is 39.3 Å². The summed E-state index contributed by atoms with van der Waals surface area (Å²) < 4.78 is 14.1. The van der Waals surface area contributed by atoms with Crippen molar-refractivity contribution in [1.82, 2.24) is 9.78 Å². The van der Waals surface area contributed by atoms with E-state index in [1.807, 2.05) is 29.9 Å². The van der Waals surface area contributed by atoms with Gasteiger partial charge < -0.3 is 15.2 Å². The summed E-state index contributed by atoms with van der Waals surface area (Å²) in [4.78, 5) is 0. The molecule has 5 nitrogen and oxygen atoms in total. The lowest BCUT2D eigenvalue weighted by molar-refractivity contribution is 0.297. The smallest absolute Gasteiger partial charge is 0.161 e. The van der Waals surface area contributed by atoms with Gasteiger partial charge in [0.05, 0.1) is 29.1 Å². The van der Waals surface area contributed by atoms with Crippen LogP contribution in [0.4, 0.5) is 0 Å². The van der Waals surface area contributed by atoms with Crippen molar-refractivity contribution in [1.29, 1.82) is 0 Å². The monoisotopic (exact) mass is 337 g/mol. The predicted molar refractivity (Wildman–Crippen MR) is 79.8 cm³/mol. The van der Waals surface area contributed by atoms with E-state index in [9.17, 15) is 0 Å². The number of aryl methyl sites for hydroxylation is 1. The Hall–Kier alpha value is -1.53. The van der Waals surface area contributed by atoms with Crippen molar-refractivity contribution in [2.45, 2.75) is 13.0 Å². The highest BCUT2D eigenvalue weighted by Gasteiger charge is 2.17. The van der Waals surface area contributed by atoms with Crippen LogP contribution in [0.2, 0.25) is 0 Å². The van der Waals surface area contributed by atoms with Gasteiger partial charge in [0.2, 0.25) is 0 Å². The van der Waals surface area contributed by atoms with E-state index in [1.165, 1.54) is 0 Å². The van der Waals surface area contributed by atoms with Gasteiger partial charge in [-0.3, -0.25) is 4.68 Å². The zero-order valence-electron chi connectivity index (χ0n) is 11.2. The molecule has 1 aromatic heterocycles. The molecule has 0 fully saturated rings. The number of benzene rings is 1. The third-order valence-corrected chi connectivity index (χ3v) is 4.10. The molecule has 2 aromatic rings. The van der Waals surface area contributed by atoms with Crippen LogP contribution in [0.15, 0.2) is 22.7 Å². The van der Waals surface area contributed by atoms with Crippen LogP contribution in [0, 0.1) is 0 Å². The van der Waals surface area contributed by atoms with Crippen LogP contribution >= 0.6 is 15.9 Å². The van der Waals surface area contributed by atoms with Gasteiger partial charge in [-0.2, -0.15) is 5.10 Å². The maximum atomic E-state index is 5.73. The molecule has 0 amide bonds. The Morgan fingerprint density at radius 3 is 2.75 bits per heavy atom. The fourth-order valence-corrected chi connectivity index (χ4v) is 3.03. The van der Waals surface area contributed by atoms with E-state index in [2.05, 4.69) is 21.0 Å². The largest absolute Gasteiger partial charge is 0.490 e. The number of rotatable bonds is 2. The number of aromatic nitrogens is 2. The van der Waals surface area contributed by atoms with Gasteiger partial charge in [-0.15, -0.1) is 0 Å². The minimum Gasteiger partial charge on any atom is -0.490 e. The average molecular weight is 338 g/mol. The Morgan fingerprint density at radius 1 is 1.30 bits per heavy atom. The third kappa shape index (κ3) is 2.29. The number of halogens is 1. The predicted octanol–water partition coefficient (Wildman–Crippen LogP) is 2.47. The lowest BCUT2D eigenvalue weighted by Crippen LogP contribution is -1.99. The maximum Gasteiger partial charge on any atom is 0.161 e. The van der Waals surface area contributed by atoms with Crippen LogP contribution in [0.1, 0.15) is 12.1 Å². The standard InChI is InChI=1S/C14H16BrN3O2/c1-18-14(13(15)10(8-16)17-18)9-3-4-11-12(7-9)20-6-2-5-19-11/h3-4,7H,2,5-6,8,16H2,1H3. The van der Waals surface area contributed by atoms with Gasteiger partial charge in [0.1, 0.15) is 0 Å². The Labute approximate surface area is 125 Å². The number of hydrogen-bond acceptors (Lipinski definition) is 4. The number of nitrogens with two attached hydrogens (primary N) is 1. The zero-order valence-corrected chi connectivity index (χ0v) is 12.8. The number of fused-ring (bicyclic) bond motifs is 1. The molecule has 106 valence electrons. The molecule has 0 unspecified atom stereocenters. The van der Waals surface area contributed by atoms with Crippen LogP contribution in [-0.4, -0.2) is 23.0 Å². The molecular formula is C14H16BrN3O2. The van der Waals surface area contributed by atoms with Gasteiger partial charge in [0, 0.05) is 25.6 Å². The molecule has 6 heteroatoms. The first-order valence-corrected chi connectivity index (χ1v) is 7.31. The van der Waals surface area contributed by atoms with E-state index < -0.39 is 0 Å². The zero-order chi connectivity index (χ0) is 14.1. The first-order chi connectivity index (χ1) is 9.70. The van der Waals surface area contributed by atoms with Crippen LogP contribution < -0.4 is 15.2 Å². The highest BCUT2D eigenvalue weighted by Crippen LogP contribution is 2.37. The summed E-state index contributed by atoms with van der Waals surface area (Å²) >= 11 is 3.58. The fourth-order valence-electron chi connectivity index (χ4n) is 2.31. The Morgan fingerprint density at radius 2 is 2.05 bits per heavy atom. The molecule has 1 aromatic carbocycles. The quantitative estimate of drug-likeness (QED) is 0.914.